The number of hydrogen-bond acceptors (Lipinski definition) is 6. The number of furan rings is 1. The van der Waals surface area contributed by atoms with E-state index in [1.54, 1.807) is 18.2 Å². The maximum atomic E-state index is 13.0. The fraction of sp³-hybridized carbons (Fsp3) is 0.160. The van der Waals surface area contributed by atoms with Gasteiger partial charge in [0.25, 0.3) is 11.8 Å². The minimum atomic E-state index is -0.783. The summed E-state index contributed by atoms with van der Waals surface area (Å²) in [6.07, 6.45) is 2.90. The number of fused-ring (bicyclic) bond motifs is 1. The van der Waals surface area contributed by atoms with Crippen LogP contribution in [0.3, 0.4) is 0 Å². The molecular weight excluding hydrogens is 422 g/mol. The van der Waals surface area contributed by atoms with E-state index in [-0.39, 0.29) is 12.1 Å². The van der Waals surface area contributed by atoms with Crippen molar-refractivity contribution < 1.29 is 23.5 Å². The first-order valence-electron chi connectivity index (χ1n) is 10.4. The lowest BCUT2D eigenvalue weighted by Gasteiger charge is -2.25. The third-order valence-corrected chi connectivity index (χ3v) is 5.80. The van der Waals surface area contributed by atoms with Gasteiger partial charge in [-0.25, -0.2) is 4.79 Å². The molecule has 4 amide bonds. The number of carbonyl (C=O) groups excluding carboxylic acids is 3. The molecule has 33 heavy (non-hydrogen) atoms. The number of urea groups is 1. The first-order valence-corrected chi connectivity index (χ1v) is 10.4. The van der Waals surface area contributed by atoms with E-state index in [1.807, 2.05) is 24.3 Å². The van der Waals surface area contributed by atoms with Crippen molar-refractivity contribution in [3.8, 4) is 5.75 Å². The Kier molecular flexibility index (Phi) is 5.18. The van der Waals surface area contributed by atoms with Crippen molar-refractivity contribution in [1.29, 1.82) is 0 Å². The Hall–Kier alpha value is -4.33. The number of amides is 4. The molecule has 0 unspecified atom stereocenters. The zero-order valence-electron chi connectivity index (χ0n) is 17.9. The predicted octanol–water partition coefficient (Wildman–Crippen LogP) is 3.47. The number of imide groups is 2. The highest BCUT2D eigenvalue weighted by Gasteiger charge is 2.36. The van der Waals surface area contributed by atoms with Gasteiger partial charge in [-0.1, -0.05) is 24.3 Å². The zero-order chi connectivity index (χ0) is 22.9. The molecule has 3 aromatic rings. The van der Waals surface area contributed by atoms with Crippen molar-refractivity contribution in [3.05, 3.63) is 88.9 Å². The molecule has 8 heteroatoms. The van der Waals surface area contributed by atoms with E-state index < -0.39 is 17.8 Å². The SMILES string of the molecule is COc1cc(N2Cc3ccccc3C2)ccc1/C=C1\C(=O)NC(=O)N(Cc2ccco2)C1=O. The number of nitrogens with zero attached hydrogens (tertiary/aromatic N) is 2. The number of benzene rings is 2. The summed E-state index contributed by atoms with van der Waals surface area (Å²) < 4.78 is 10.8. The Morgan fingerprint density at radius 1 is 1.03 bits per heavy atom. The van der Waals surface area contributed by atoms with E-state index in [1.165, 1.54) is 30.6 Å². The van der Waals surface area contributed by atoms with Crippen LogP contribution in [0.5, 0.6) is 5.75 Å². The smallest absolute Gasteiger partial charge is 0.331 e. The van der Waals surface area contributed by atoms with E-state index in [0.29, 0.717) is 17.1 Å². The van der Waals surface area contributed by atoms with Gasteiger partial charge in [0.15, 0.2) is 0 Å². The van der Waals surface area contributed by atoms with Gasteiger partial charge in [0.05, 0.1) is 19.9 Å². The molecule has 0 spiro atoms. The van der Waals surface area contributed by atoms with Crippen LogP contribution in [0.1, 0.15) is 22.5 Å². The van der Waals surface area contributed by atoms with Crippen molar-refractivity contribution in [3.63, 3.8) is 0 Å². The number of rotatable bonds is 5. The van der Waals surface area contributed by atoms with Gasteiger partial charge in [-0.3, -0.25) is 19.8 Å². The molecular formula is C25H21N3O5. The molecule has 0 radical (unpaired) electrons. The van der Waals surface area contributed by atoms with Crippen LogP contribution in [0.4, 0.5) is 10.5 Å². The molecule has 0 atom stereocenters. The van der Waals surface area contributed by atoms with Crippen LogP contribution < -0.4 is 15.0 Å². The molecule has 1 fully saturated rings. The molecule has 1 saturated heterocycles. The second-order valence-corrected chi connectivity index (χ2v) is 7.84. The Balaban J connectivity index is 1.42. The van der Waals surface area contributed by atoms with Crippen molar-refractivity contribution in [2.75, 3.05) is 12.0 Å². The molecule has 0 saturated carbocycles. The van der Waals surface area contributed by atoms with Crippen molar-refractivity contribution >= 4 is 29.6 Å². The fourth-order valence-corrected chi connectivity index (χ4v) is 4.08. The lowest BCUT2D eigenvalue weighted by atomic mass is 10.1. The normalized spacial score (nSPS) is 16.9. The van der Waals surface area contributed by atoms with Gasteiger partial charge in [-0.15, -0.1) is 0 Å². The van der Waals surface area contributed by atoms with Gasteiger partial charge in [-0.05, 0) is 41.5 Å². The molecule has 2 aromatic carbocycles. The summed E-state index contributed by atoms with van der Waals surface area (Å²) >= 11 is 0. The topological polar surface area (TPSA) is 92.1 Å². The molecule has 8 nitrogen and oxygen atoms in total. The van der Waals surface area contributed by atoms with Gasteiger partial charge in [0, 0.05) is 30.4 Å². The molecule has 3 heterocycles. The first kappa shape index (κ1) is 20.6. The van der Waals surface area contributed by atoms with Crippen molar-refractivity contribution in [2.24, 2.45) is 0 Å². The van der Waals surface area contributed by atoms with Crippen molar-refractivity contribution in [1.82, 2.24) is 10.2 Å². The van der Waals surface area contributed by atoms with E-state index in [9.17, 15) is 14.4 Å². The number of barbiturate groups is 1. The number of methoxy groups -OCH3 is 1. The average molecular weight is 443 g/mol. The highest BCUT2D eigenvalue weighted by molar-refractivity contribution is 6.31. The Morgan fingerprint density at radius 2 is 1.79 bits per heavy atom. The minimum absolute atomic E-state index is 0.0755. The second kappa shape index (κ2) is 8.31. The molecule has 0 bridgehead atoms. The van der Waals surface area contributed by atoms with E-state index in [4.69, 9.17) is 9.15 Å². The lowest BCUT2D eigenvalue weighted by Crippen LogP contribution is -2.53. The van der Waals surface area contributed by atoms with Gasteiger partial charge < -0.3 is 14.1 Å². The number of carbonyl (C=O) groups is 3. The monoisotopic (exact) mass is 443 g/mol. The van der Waals surface area contributed by atoms with Crippen LogP contribution in [0.25, 0.3) is 6.08 Å². The third-order valence-electron chi connectivity index (χ3n) is 5.80. The molecule has 0 aliphatic carbocycles. The van der Waals surface area contributed by atoms with Crippen LogP contribution in [0, 0.1) is 0 Å². The van der Waals surface area contributed by atoms with Gasteiger partial charge in [0.1, 0.15) is 17.1 Å². The van der Waals surface area contributed by atoms with Gasteiger partial charge in [0.2, 0.25) is 0 Å². The number of hydrogen-bond donors (Lipinski definition) is 1. The highest BCUT2D eigenvalue weighted by atomic mass is 16.5. The average Bonchev–Trinajstić information content (AvgIpc) is 3.49. The zero-order valence-corrected chi connectivity index (χ0v) is 17.9. The van der Waals surface area contributed by atoms with E-state index in [0.717, 1.165) is 23.7 Å². The van der Waals surface area contributed by atoms with Crippen LogP contribution in [0.2, 0.25) is 0 Å². The van der Waals surface area contributed by atoms with Crippen LogP contribution in [-0.4, -0.2) is 29.9 Å². The van der Waals surface area contributed by atoms with Crippen LogP contribution >= 0.6 is 0 Å². The molecule has 166 valence electrons. The maximum absolute atomic E-state index is 13.0. The van der Waals surface area contributed by atoms with Gasteiger partial charge in [-0.2, -0.15) is 0 Å². The number of anilines is 1. The largest absolute Gasteiger partial charge is 0.496 e. The standard InChI is InChI=1S/C25H21N3O5/c1-32-22-12-19(27-13-17-5-2-3-6-18(17)14-27)9-8-16(22)11-21-23(29)26-25(31)28(24(21)30)15-20-7-4-10-33-20/h2-12H,13-15H2,1H3,(H,26,29,31)/b21-11+. The number of nitrogens with one attached hydrogen (secondary N) is 1. The summed E-state index contributed by atoms with van der Waals surface area (Å²) in [5, 5.41) is 2.21. The van der Waals surface area contributed by atoms with E-state index in [2.05, 4.69) is 22.3 Å². The predicted molar refractivity (Wildman–Crippen MR) is 120 cm³/mol. The summed E-state index contributed by atoms with van der Waals surface area (Å²) in [5.74, 6) is -0.491. The van der Waals surface area contributed by atoms with Crippen LogP contribution in [0.15, 0.2) is 70.9 Å². The Bertz CT molecular complexity index is 1250. The maximum Gasteiger partial charge on any atom is 0.331 e. The lowest BCUT2D eigenvalue weighted by molar-refractivity contribution is -0.130. The molecule has 1 N–H and O–H groups in total. The first-order chi connectivity index (χ1) is 16.0. The molecule has 2 aliphatic heterocycles. The number of ether oxygens (including phenoxy) is 1. The van der Waals surface area contributed by atoms with Gasteiger partial charge >= 0.3 is 6.03 Å². The summed E-state index contributed by atoms with van der Waals surface area (Å²) in [5.41, 5.74) is 3.95. The Labute approximate surface area is 190 Å². The van der Waals surface area contributed by atoms with Crippen LogP contribution in [-0.2, 0) is 29.2 Å². The second-order valence-electron chi connectivity index (χ2n) is 7.84. The molecule has 1 aromatic heterocycles. The minimum Gasteiger partial charge on any atom is -0.496 e. The summed E-state index contributed by atoms with van der Waals surface area (Å²) in [7, 11) is 1.54. The summed E-state index contributed by atoms with van der Waals surface area (Å²) in [6, 6.07) is 16.4. The van der Waals surface area contributed by atoms with E-state index >= 15 is 0 Å². The third kappa shape index (κ3) is 3.87. The fourth-order valence-electron chi connectivity index (χ4n) is 4.08. The molecule has 5 rings (SSSR count). The summed E-state index contributed by atoms with van der Waals surface area (Å²) in [4.78, 5) is 40.8. The summed E-state index contributed by atoms with van der Waals surface area (Å²) in [6.45, 7) is 1.52. The molecule has 2 aliphatic rings. The highest BCUT2D eigenvalue weighted by Crippen LogP contribution is 2.33. The van der Waals surface area contributed by atoms with Crippen molar-refractivity contribution in [2.45, 2.75) is 19.6 Å². The quantitative estimate of drug-likeness (QED) is 0.480. The Morgan fingerprint density at radius 3 is 2.45 bits per heavy atom.